The van der Waals surface area contributed by atoms with E-state index in [0.29, 0.717) is 17.5 Å². The molecule has 2 aromatic carbocycles. The molecule has 0 N–H and O–H groups in total. The lowest BCUT2D eigenvalue weighted by Crippen LogP contribution is -2.43. The van der Waals surface area contributed by atoms with Crippen molar-refractivity contribution in [3.05, 3.63) is 71.0 Å². The molecule has 2 aromatic rings. The predicted molar refractivity (Wildman–Crippen MR) is 101 cm³/mol. The van der Waals surface area contributed by atoms with E-state index in [-0.39, 0.29) is 36.6 Å². The van der Waals surface area contributed by atoms with Gasteiger partial charge in [-0.05, 0) is 49.6 Å². The Bertz CT molecular complexity index is 859. The molecule has 0 unspecified atom stereocenters. The maximum absolute atomic E-state index is 13.2. The Labute approximate surface area is 163 Å². The molecule has 0 aliphatic carbocycles. The molecule has 0 bridgehead atoms. The van der Waals surface area contributed by atoms with Crippen molar-refractivity contribution in [1.82, 2.24) is 4.90 Å². The van der Waals surface area contributed by atoms with Crippen LogP contribution in [0.4, 0.5) is 4.39 Å². The summed E-state index contributed by atoms with van der Waals surface area (Å²) in [6.45, 7) is 3.71. The van der Waals surface area contributed by atoms with Gasteiger partial charge in [0.25, 0.3) is 11.8 Å². The first-order valence-electron chi connectivity index (χ1n) is 9.30. The van der Waals surface area contributed by atoms with Crippen LogP contribution in [0.3, 0.4) is 0 Å². The van der Waals surface area contributed by atoms with Gasteiger partial charge in [-0.1, -0.05) is 31.2 Å². The van der Waals surface area contributed by atoms with E-state index in [2.05, 4.69) is 0 Å². The number of hydrogen-bond acceptors (Lipinski definition) is 4. The normalized spacial score (nSPS) is 15.3. The lowest BCUT2D eigenvalue weighted by Gasteiger charge is -2.28. The molecule has 0 radical (unpaired) electrons. The predicted octanol–water partition coefficient (Wildman–Crippen LogP) is 3.62. The molecule has 0 aromatic heterocycles. The number of amides is 2. The number of benzene rings is 2. The van der Waals surface area contributed by atoms with E-state index in [0.717, 1.165) is 5.56 Å². The highest BCUT2D eigenvalue weighted by molar-refractivity contribution is 6.21. The van der Waals surface area contributed by atoms with Crippen LogP contribution >= 0.6 is 0 Å². The minimum absolute atomic E-state index is 0.263. The minimum Gasteiger partial charge on any atom is -0.466 e. The fourth-order valence-electron chi connectivity index (χ4n) is 3.50. The van der Waals surface area contributed by atoms with Gasteiger partial charge in [0.15, 0.2) is 0 Å². The van der Waals surface area contributed by atoms with E-state index in [1.807, 2.05) is 0 Å². The summed E-state index contributed by atoms with van der Waals surface area (Å²) in [5.41, 5.74) is 1.50. The molecular formula is C22H22FNO4. The summed E-state index contributed by atoms with van der Waals surface area (Å²) in [5.74, 6) is -1.97. The molecule has 2 atom stereocenters. The second kappa shape index (κ2) is 8.33. The number of fused-ring (bicyclic) bond motifs is 1. The summed E-state index contributed by atoms with van der Waals surface area (Å²) in [6.07, 6.45) is 0.594. The fraction of sp³-hybridized carbons (Fsp3) is 0.318. The summed E-state index contributed by atoms with van der Waals surface area (Å²) in [7, 11) is 0. The van der Waals surface area contributed by atoms with Gasteiger partial charge in [-0.2, -0.15) is 0 Å². The Morgan fingerprint density at radius 1 is 1.04 bits per heavy atom. The second-order valence-electron chi connectivity index (χ2n) is 6.90. The second-order valence-corrected chi connectivity index (χ2v) is 6.90. The number of carbonyl (C=O) groups is 3. The van der Waals surface area contributed by atoms with Crippen LogP contribution in [0.15, 0.2) is 48.5 Å². The van der Waals surface area contributed by atoms with Crippen molar-refractivity contribution in [3.63, 3.8) is 0 Å². The highest BCUT2D eigenvalue weighted by Crippen LogP contribution is 2.29. The first-order chi connectivity index (χ1) is 13.4. The minimum atomic E-state index is -0.544. The van der Waals surface area contributed by atoms with Gasteiger partial charge in [-0.3, -0.25) is 19.3 Å². The van der Waals surface area contributed by atoms with Crippen molar-refractivity contribution in [3.8, 4) is 0 Å². The number of imide groups is 1. The molecule has 1 aliphatic heterocycles. The Kier molecular flexibility index (Phi) is 5.87. The third-order valence-electron chi connectivity index (χ3n) is 4.89. The van der Waals surface area contributed by atoms with Crippen LogP contribution in [-0.2, 0) is 16.0 Å². The molecule has 2 amide bonds. The summed E-state index contributed by atoms with van der Waals surface area (Å²) < 4.78 is 18.3. The average molecular weight is 383 g/mol. The zero-order valence-corrected chi connectivity index (χ0v) is 15.9. The zero-order valence-electron chi connectivity index (χ0n) is 15.9. The molecule has 1 aliphatic rings. The zero-order chi connectivity index (χ0) is 20.3. The van der Waals surface area contributed by atoms with Gasteiger partial charge in [-0.25, -0.2) is 4.39 Å². The Morgan fingerprint density at radius 2 is 1.61 bits per heavy atom. The number of halogens is 1. The van der Waals surface area contributed by atoms with E-state index in [1.54, 1.807) is 50.2 Å². The van der Waals surface area contributed by atoms with Gasteiger partial charge in [0.2, 0.25) is 0 Å². The van der Waals surface area contributed by atoms with Crippen LogP contribution in [0.5, 0.6) is 0 Å². The van der Waals surface area contributed by atoms with Gasteiger partial charge in [0.1, 0.15) is 5.82 Å². The molecule has 3 rings (SSSR count). The number of carbonyl (C=O) groups excluding carboxylic acids is 3. The third kappa shape index (κ3) is 3.96. The lowest BCUT2D eigenvalue weighted by molar-refractivity contribution is -0.148. The van der Waals surface area contributed by atoms with Gasteiger partial charge in [-0.15, -0.1) is 0 Å². The fourth-order valence-corrected chi connectivity index (χ4v) is 3.50. The van der Waals surface area contributed by atoms with Crippen molar-refractivity contribution in [2.24, 2.45) is 5.92 Å². The maximum atomic E-state index is 13.2. The molecule has 0 fully saturated rings. The van der Waals surface area contributed by atoms with E-state index >= 15 is 0 Å². The van der Waals surface area contributed by atoms with Crippen molar-refractivity contribution in [1.29, 1.82) is 0 Å². The molecule has 28 heavy (non-hydrogen) atoms. The lowest BCUT2D eigenvalue weighted by atomic mass is 9.94. The van der Waals surface area contributed by atoms with Crippen molar-refractivity contribution in [2.45, 2.75) is 32.7 Å². The summed E-state index contributed by atoms with van der Waals surface area (Å²) in [4.78, 5) is 39.1. The van der Waals surface area contributed by atoms with Crippen molar-refractivity contribution in [2.75, 3.05) is 6.61 Å². The van der Waals surface area contributed by atoms with Crippen molar-refractivity contribution >= 4 is 17.8 Å². The quantitative estimate of drug-likeness (QED) is 0.541. The van der Waals surface area contributed by atoms with Crippen LogP contribution in [-0.4, -0.2) is 35.3 Å². The van der Waals surface area contributed by atoms with Gasteiger partial charge < -0.3 is 4.74 Å². The molecule has 146 valence electrons. The number of hydrogen-bond donors (Lipinski definition) is 0. The Morgan fingerprint density at radius 3 is 2.14 bits per heavy atom. The molecule has 5 nitrogen and oxygen atoms in total. The molecule has 0 spiro atoms. The van der Waals surface area contributed by atoms with E-state index < -0.39 is 12.0 Å². The summed E-state index contributed by atoms with van der Waals surface area (Å²) >= 11 is 0. The topological polar surface area (TPSA) is 63.7 Å². The van der Waals surface area contributed by atoms with Crippen molar-refractivity contribution < 1.29 is 23.5 Å². The molecule has 0 saturated carbocycles. The molecule has 6 heteroatoms. The van der Waals surface area contributed by atoms with Crippen LogP contribution < -0.4 is 0 Å². The first kappa shape index (κ1) is 19.7. The van der Waals surface area contributed by atoms with Crippen LogP contribution in [0.2, 0.25) is 0 Å². The summed E-state index contributed by atoms with van der Waals surface area (Å²) in [6, 6.07) is 12.0. The van der Waals surface area contributed by atoms with E-state index in [9.17, 15) is 18.8 Å². The number of nitrogens with zero attached hydrogens (tertiary/aromatic N) is 1. The molecule has 0 saturated heterocycles. The third-order valence-corrected chi connectivity index (χ3v) is 4.89. The summed E-state index contributed by atoms with van der Waals surface area (Å²) in [5, 5.41) is 0. The first-order valence-corrected chi connectivity index (χ1v) is 9.30. The van der Waals surface area contributed by atoms with Crippen LogP contribution in [0.1, 0.15) is 46.5 Å². The standard InChI is InChI=1S/C22H22FNO4/c1-3-28-22(27)14(2)12-17(13-15-8-10-16(23)11-9-15)24-20(25)18-6-4-5-7-19(18)21(24)26/h4-11,14,17H,3,12-13H2,1-2H3/t14-,17+/m0/s1. The highest BCUT2D eigenvalue weighted by atomic mass is 19.1. The van der Waals surface area contributed by atoms with Gasteiger partial charge >= 0.3 is 5.97 Å². The largest absolute Gasteiger partial charge is 0.466 e. The maximum Gasteiger partial charge on any atom is 0.308 e. The smallest absolute Gasteiger partial charge is 0.308 e. The molecule has 1 heterocycles. The SMILES string of the molecule is CCOC(=O)[C@@H](C)C[C@H](Cc1ccc(F)cc1)N1C(=O)c2ccccc2C1=O. The highest BCUT2D eigenvalue weighted by Gasteiger charge is 2.40. The van der Waals surface area contributed by atoms with Crippen LogP contribution in [0.25, 0.3) is 0 Å². The van der Waals surface area contributed by atoms with E-state index in [1.165, 1.54) is 17.0 Å². The van der Waals surface area contributed by atoms with Gasteiger partial charge in [0, 0.05) is 6.04 Å². The number of esters is 1. The molecular weight excluding hydrogens is 361 g/mol. The average Bonchev–Trinajstić information content (AvgIpc) is 2.94. The Hall–Kier alpha value is -3.02. The Balaban J connectivity index is 1.89. The van der Waals surface area contributed by atoms with Crippen LogP contribution in [0, 0.1) is 11.7 Å². The number of ether oxygens (including phenoxy) is 1. The van der Waals surface area contributed by atoms with Gasteiger partial charge in [0.05, 0.1) is 23.7 Å². The number of rotatable bonds is 7. The van der Waals surface area contributed by atoms with E-state index in [4.69, 9.17) is 4.74 Å². The monoisotopic (exact) mass is 383 g/mol.